The minimum absolute atomic E-state index is 0.455. The third-order valence-electron chi connectivity index (χ3n) is 0.524. The van der Waals surface area contributed by atoms with Gasteiger partial charge in [0.2, 0.25) is 0 Å². The van der Waals surface area contributed by atoms with Gasteiger partial charge in [0.1, 0.15) is 12.5 Å². The van der Waals surface area contributed by atoms with Crippen molar-refractivity contribution in [3.05, 3.63) is 12.5 Å². The van der Waals surface area contributed by atoms with Gasteiger partial charge in [-0.2, -0.15) is 0 Å². The van der Waals surface area contributed by atoms with E-state index in [0.29, 0.717) is 0 Å². The van der Waals surface area contributed by atoms with E-state index in [0.717, 1.165) is 12.5 Å². The van der Waals surface area contributed by atoms with Crippen molar-refractivity contribution in [3.63, 3.8) is 0 Å². The van der Waals surface area contributed by atoms with E-state index in [9.17, 15) is 9.59 Å². The molecule has 0 aliphatic carbocycles. The highest BCUT2D eigenvalue weighted by Crippen LogP contribution is 1.81. The Labute approximate surface area is 58.4 Å². The van der Waals surface area contributed by atoms with Gasteiger partial charge < -0.3 is 9.47 Å². The zero-order valence-corrected chi connectivity index (χ0v) is 5.79. The lowest BCUT2D eigenvalue weighted by Crippen LogP contribution is -1.93. The van der Waals surface area contributed by atoms with E-state index in [1.54, 1.807) is 0 Å². The average molecular weight is 144 g/mol. The van der Waals surface area contributed by atoms with Gasteiger partial charge in [0.25, 0.3) is 0 Å². The molecule has 0 aliphatic heterocycles. The smallest absolute Gasteiger partial charge is 0.307 e. The molecule has 10 heavy (non-hydrogen) atoms. The molecule has 0 radical (unpaired) electrons. The van der Waals surface area contributed by atoms with Crippen LogP contribution in [0.2, 0.25) is 0 Å². The van der Waals surface area contributed by atoms with Gasteiger partial charge >= 0.3 is 11.9 Å². The molecular formula is C6H8O4. The summed E-state index contributed by atoms with van der Waals surface area (Å²) in [6.07, 6.45) is 2.01. The third kappa shape index (κ3) is 6.68. The van der Waals surface area contributed by atoms with E-state index < -0.39 is 11.9 Å². The molecule has 0 amide bonds. The summed E-state index contributed by atoms with van der Waals surface area (Å²) in [6, 6.07) is 0. The Bertz CT molecular complexity index is 141. The molecule has 0 unspecified atom stereocenters. The molecule has 0 atom stereocenters. The van der Waals surface area contributed by atoms with Crippen LogP contribution in [0.4, 0.5) is 0 Å². The first kappa shape index (κ1) is 8.68. The van der Waals surface area contributed by atoms with Crippen molar-refractivity contribution in [1.82, 2.24) is 0 Å². The maximum absolute atomic E-state index is 10.1. The Balaban J connectivity index is 3.38. The monoisotopic (exact) mass is 144 g/mol. The van der Waals surface area contributed by atoms with Crippen LogP contribution in [0.5, 0.6) is 0 Å². The van der Waals surface area contributed by atoms with Gasteiger partial charge in [0.05, 0.1) is 0 Å². The number of esters is 2. The Morgan fingerprint density at radius 1 is 1.00 bits per heavy atom. The maximum Gasteiger partial charge on any atom is 0.307 e. The first-order chi connectivity index (χ1) is 4.63. The van der Waals surface area contributed by atoms with Crippen molar-refractivity contribution in [2.45, 2.75) is 13.8 Å². The highest BCUT2D eigenvalue weighted by Gasteiger charge is 1.86. The Kier molecular flexibility index (Phi) is 3.95. The van der Waals surface area contributed by atoms with E-state index in [-0.39, 0.29) is 0 Å². The topological polar surface area (TPSA) is 52.6 Å². The second kappa shape index (κ2) is 4.55. The van der Waals surface area contributed by atoms with Crippen molar-refractivity contribution >= 4 is 11.9 Å². The Hall–Kier alpha value is -1.32. The van der Waals surface area contributed by atoms with Crippen molar-refractivity contribution in [2.75, 3.05) is 0 Å². The number of hydrogen-bond acceptors (Lipinski definition) is 4. The molecule has 0 heterocycles. The molecule has 0 fully saturated rings. The molecule has 0 saturated carbocycles. The van der Waals surface area contributed by atoms with Gasteiger partial charge in [-0.3, -0.25) is 9.59 Å². The van der Waals surface area contributed by atoms with Gasteiger partial charge in [-0.25, -0.2) is 0 Å². The quantitative estimate of drug-likeness (QED) is 0.420. The highest BCUT2D eigenvalue weighted by atomic mass is 16.6. The van der Waals surface area contributed by atoms with E-state index >= 15 is 0 Å². The minimum atomic E-state index is -0.455. The van der Waals surface area contributed by atoms with Crippen LogP contribution in [0.15, 0.2) is 12.5 Å². The zero-order valence-electron chi connectivity index (χ0n) is 5.79. The normalized spacial score (nSPS) is 9.40. The van der Waals surface area contributed by atoms with Gasteiger partial charge in [-0.1, -0.05) is 0 Å². The third-order valence-corrected chi connectivity index (χ3v) is 0.524. The van der Waals surface area contributed by atoms with Crippen molar-refractivity contribution < 1.29 is 19.1 Å². The van der Waals surface area contributed by atoms with E-state index in [1.807, 2.05) is 0 Å². The first-order valence-electron chi connectivity index (χ1n) is 2.62. The maximum atomic E-state index is 10.1. The molecule has 0 spiro atoms. The van der Waals surface area contributed by atoms with Crippen molar-refractivity contribution in [1.29, 1.82) is 0 Å². The molecule has 0 aromatic rings. The van der Waals surface area contributed by atoms with Crippen molar-refractivity contribution in [2.24, 2.45) is 0 Å². The summed E-state index contributed by atoms with van der Waals surface area (Å²) in [7, 11) is 0. The molecule has 0 rings (SSSR count). The molecular weight excluding hydrogens is 136 g/mol. The standard InChI is InChI=1S/C6H8O4/c1-5(7)9-3-4-10-6(2)8/h3-4H,1-2H3. The summed E-state index contributed by atoms with van der Waals surface area (Å²) >= 11 is 0. The summed E-state index contributed by atoms with van der Waals surface area (Å²) in [5.41, 5.74) is 0. The highest BCUT2D eigenvalue weighted by molar-refractivity contribution is 5.67. The van der Waals surface area contributed by atoms with Crippen LogP contribution in [0.25, 0.3) is 0 Å². The molecule has 0 aromatic heterocycles. The van der Waals surface area contributed by atoms with Crippen LogP contribution in [-0.2, 0) is 19.1 Å². The zero-order chi connectivity index (χ0) is 7.98. The number of hydrogen-bond donors (Lipinski definition) is 0. The summed E-state index contributed by atoms with van der Waals surface area (Å²) < 4.78 is 8.59. The largest absolute Gasteiger partial charge is 0.431 e. The van der Waals surface area contributed by atoms with Crippen LogP contribution < -0.4 is 0 Å². The molecule has 4 heteroatoms. The number of carbonyl (C=O) groups excluding carboxylic acids is 2. The predicted molar refractivity (Wildman–Crippen MR) is 32.7 cm³/mol. The fourth-order valence-corrected chi connectivity index (χ4v) is 0.247. The molecule has 0 N–H and O–H groups in total. The second-order valence-corrected chi connectivity index (χ2v) is 1.49. The summed E-state index contributed by atoms with van der Waals surface area (Å²) in [6.45, 7) is 2.50. The SMILES string of the molecule is CC(=O)OC=COC(C)=O. The molecule has 0 aromatic carbocycles. The van der Waals surface area contributed by atoms with Crippen LogP contribution >= 0.6 is 0 Å². The van der Waals surface area contributed by atoms with Crippen LogP contribution in [0, 0.1) is 0 Å². The molecule has 56 valence electrons. The van der Waals surface area contributed by atoms with Gasteiger partial charge in [0, 0.05) is 13.8 Å². The Morgan fingerprint density at radius 3 is 1.50 bits per heavy atom. The lowest BCUT2D eigenvalue weighted by Gasteiger charge is -1.90. The van der Waals surface area contributed by atoms with Crippen molar-refractivity contribution in [3.8, 4) is 0 Å². The fourth-order valence-electron chi connectivity index (χ4n) is 0.247. The van der Waals surface area contributed by atoms with Crippen LogP contribution in [0.3, 0.4) is 0 Å². The summed E-state index contributed by atoms with van der Waals surface area (Å²) in [5.74, 6) is -0.910. The average Bonchev–Trinajstić information content (AvgIpc) is 1.79. The summed E-state index contributed by atoms with van der Waals surface area (Å²) in [5, 5.41) is 0. The minimum Gasteiger partial charge on any atom is -0.431 e. The fraction of sp³-hybridized carbons (Fsp3) is 0.333. The second-order valence-electron chi connectivity index (χ2n) is 1.49. The van der Waals surface area contributed by atoms with Gasteiger partial charge in [-0.15, -0.1) is 0 Å². The lowest BCUT2D eigenvalue weighted by molar-refractivity contribution is -0.138. The number of rotatable bonds is 2. The molecule has 0 bridgehead atoms. The first-order valence-corrected chi connectivity index (χ1v) is 2.62. The van der Waals surface area contributed by atoms with Gasteiger partial charge in [-0.05, 0) is 0 Å². The van der Waals surface area contributed by atoms with E-state index in [2.05, 4.69) is 9.47 Å². The van der Waals surface area contributed by atoms with Crippen LogP contribution in [-0.4, -0.2) is 11.9 Å². The molecule has 4 nitrogen and oxygen atoms in total. The Morgan fingerprint density at radius 2 is 1.30 bits per heavy atom. The molecule has 0 saturated heterocycles. The predicted octanol–water partition coefficient (Wildman–Crippen LogP) is 0.584. The summed E-state index contributed by atoms with van der Waals surface area (Å²) in [4.78, 5) is 20.1. The van der Waals surface area contributed by atoms with Crippen LogP contribution in [0.1, 0.15) is 13.8 Å². The van der Waals surface area contributed by atoms with E-state index in [4.69, 9.17) is 0 Å². The number of carbonyl (C=O) groups is 2. The lowest BCUT2D eigenvalue weighted by atomic mass is 10.8. The molecule has 0 aliphatic rings. The number of ether oxygens (including phenoxy) is 2. The van der Waals surface area contributed by atoms with Gasteiger partial charge in [0.15, 0.2) is 0 Å². The van der Waals surface area contributed by atoms with E-state index in [1.165, 1.54) is 13.8 Å².